The fourth-order valence-corrected chi connectivity index (χ4v) is 0.879. The highest BCUT2D eigenvalue weighted by molar-refractivity contribution is 6.40. The van der Waals surface area contributed by atoms with Gasteiger partial charge in [-0.2, -0.15) is 0 Å². The molecule has 0 heterocycles. The molecule has 0 amide bonds. The molecule has 0 saturated heterocycles. The van der Waals surface area contributed by atoms with Crippen LogP contribution in [-0.4, -0.2) is 17.2 Å². The maximum Gasteiger partial charge on any atom is 0.451 e. The molecule has 60 valence electrons. The minimum atomic E-state index is -1.10. The monoisotopic (exact) mass is 144 g/mol. The molecule has 0 rings (SSSR count). The van der Waals surface area contributed by atoms with Crippen LogP contribution in [0.3, 0.4) is 0 Å². The summed E-state index contributed by atoms with van der Waals surface area (Å²) in [7, 11) is -1.10. The van der Waals surface area contributed by atoms with Gasteiger partial charge in [-0.15, -0.1) is 0 Å². The second kappa shape index (κ2) is 5.75. The van der Waals surface area contributed by atoms with E-state index in [4.69, 9.17) is 10.0 Å². The Balaban J connectivity index is 2.91. The first-order valence-electron chi connectivity index (χ1n) is 3.99. The van der Waals surface area contributed by atoms with E-state index in [1.807, 2.05) is 0 Å². The minimum absolute atomic E-state index is 0.521. The van der Waals surface area contributed by atoms with E-state index in [1.165, 1.54) is 6.42 Å². The van der Waals surface area contributed by atoms with Crippen LogP contribution in [0.4, 0.5) is 0 Å². The predicted molar refractivity (Wildman–Crippen MR) is 43.7 cm³/mol. The zero-order chi connectivity index (χ0) is 7.98. The van der Waals surface area contributed by atoms with Crippen molar-refractivity contribution in [3.8, 4) is 0 Å². The van der Waals surface area contributed by atoms with E-state index < -0.39 is 7.12 Å². The van der Waals surface area contributed by atoms with Gasteiger partial charge < -0.3 is 10.0 Å². The van der Waals surface area contributed by atoms with E-state index in [0.29, 0.717) is 6.32 Å². The predicted octanol–water partition coefficient (Wildman–Crippen LogP) is 1.29. The van der Waals surface area contributed by atoms with E-state index in [1.54, 1.807) is 0 Å². The van der Waals surface area contributed by atoms with E-state index >= 15 is 0 Å². The molecule has 0 atom stereocenters. The van der Waals surface area contributed by atoms with Gasteiger partial charge in [-0.3, -0.25) is 0 Å². The first-order valence-corrected chi connectivity index (χ1v) is 3.99. The average molecular weight is 144 g/mol. The van der Waals surface area contributed by atoms with Crippen LogP contribution in [0.15, 0.2) is 0 Å². The topological polar surface area (TPSA) is 40.5 Å². The van der Waals surface area contributed by atoms with Crippen LogP contribution >= 0.6 is 0 Å². The molecular formula is C7H17BO2. The molecule has 0 aliphatic carbocycles. The second-order valence-electron chi connectivity index (χ2n) is 3.16. The van der Waals surface area contributed by atoms with Gasteiger partial charge in [0.15, 0.2) is 0 Å². The number of hydrogen-bond acceptors (Lipinski definition) is 2. The van der Waals surface area contributed by atoms with Crippen molar-refractivity contribution in [2.45, 2.75) is 39.4 Å². The smallest absolute Gasteiger partial charge is 0.427 e. The SMILES string of the molecule is CC(C)CCCCB(O)O. The lowest BCUT2D eigenvalue weighted by Crippen LogP contribution is -2.09. The highest BCUT2D eigenvalue weighted by Gasteiger charge is 2.04. The third-order valence-electron chi connectivity index (χ3n) is 1.49. The Morgan fingerprint density at radius 1 is 1.20 bits per heavy atom. The summed E-state index contributed by atoms with van der Waals surface area (Å²) in [6, 6.07) is 0. The number of hydrogen-bond donors (Lipinski definition) is 2. The van der Waals surface area contributed by atoms with E-state index in [2.05, 4.69) is 13.8 Å². The lowest BCUT2D eigenvalue weighted by molar-refractivity contribution is 0.400. The van der Waals surface area contributed by atoms with Gasteiger partial charge in [-0.05, 0) is 12.2 Å². The summed E-state index contributed by atoms with van der Waals surface area (Å²) in [6.07, 6.45) is 3.74. The van der Waals surface area contributed by atoms with E-state index in [9.17, 15) is 0 Å². The molecule has 2 N–H and O–H groups in total. The molecule has 3 heteroatoms. The minimum Gasteiger partial charge on any atom is -0.427 e. The Bertz CT molecular complexity index is 64.0. The van der Waals surface area contributed by atoms with Crippen molar-refractivity contribution in [1.82, 2.24) is 0 Å². The first-order chi connectivity index (χ1) is 4.63. The summed E-state index contributed by atoms with van der Waals surface area (Å²) in [5.41, 5.74) is 0. The van der Waals surface area contributed by atoms with E-state index in [-0.39, 0.29) is 0 Å². The molecule has 0 fully saturated rings. The fourth-order valence-electron chi connectivity index (χ4n) is 0.879. The van der Waals surface area contributed by atoms with Gasteiger partial charge in [0.2, 0.25) is 0 Å². The van der Waals surface area contributed by atoms with Crippen molar-refractivity contribution in [2.24, 2.45) is 5.92 Å². The zero-order valence-corrected chi connectivity index (χ0v) is 6.88. The highest BCUT2D eigenvalue weighted by atomic mass is 16.4. The van der Waals surface area contributed by atoms with Gasteiger partial charge in [-0.25, -0.2) is 0 Å². The van der Waals surface area contributed by atoms with Crippen molar-refractivity contribution in [3.63, 3.8) is 0 Å². The van der Waals surface area contributed by atoms with Crippen LogP contribution in [0.5, 0.6) is 0 Å². The molecule has 0 aliphatic rings. The lowest BCUT2D eigenvalue weighted by atomic mass is 9.83. The van der Waals surface area contributed by atoms with Crippen LogP contribution in [0.1, 0.15) is 33.1 Å². The molecule has 2 nitrogen and oxygen atoms in total. The Labute approximate surface area is 63.4 Å². The van der Waals surface area contributed by atoms with Crippen molar-refractivity contribution in [2.75, 3.05) is 0 Å². The average Bonchev–Trinajstić information content (AvgIpc) is 1.79. The van der Waals surface area contributed by atoms with Gasteiger partial charge >= 0.3 is 7.12 Å². The largest absolute Gasteiger partial charge is 0.451 e. The molecule has 0 aromatic heterocycles. The second-order valence-corrected chi connectivity index (χ2v) is 3.16. The van der Waals surface area contributed by atoms with Crippen molar-refractivity contribution >= 4 is 7.12 Å². The van der Waals surface area contributed by atoms with Crippen LogP contribution < -0.4 is 0 Å². The van der Waals surface area contributed by atoms with E-state index in [0.717, 1.165) is 18.8 Å². The highest BCUT2D eigenvalue weighted by Crippen LogP contribution is 2.08. The maximum absolute atomic E-state index is 8.47. The lowest BCUT2D eigenvalue weighted by Gasteiger charge is -2.02. The fraction of sp³-hybridized carbons (Fsp3) is 1.00. The third-order valence-corrected chi connectivity index (χ3v) is 1.49. The van der Waals surface area contributed by atoms with Crippen LogP contribution in [-0.2, 0) is 0 Å². The maximum atomic E-state index is 8.47. The molecule has 0 spiro atoms. The Kier molecular flexibility index (Phi) is 5.74. The quantitative estimate of drug-likeness (QED) is 0.450. The normalized spacial score (nSPS) is 10.5. The Morgan fingerprint density at radius 3 is 2.20 bits per heavy atom. The summed E-state index contributed by atoms with van der Waals surface area (Å²) in [5, 5.41) is 16.9. The van der Waals surface area contributed by atoms with Crippen LogP contribution in [0, 0.1) is 5.92 Å². The molecular weight excluding hydrogens is 127 g/mol. The zero-order valence-electron chi connectivity index (χ0n) is 6.88. The van der Waals surface area contributed by atoms with Gasteiger partial charge in [-0.1, -0.05) is 33.1 Å². The molecule has 0 bridgehead atoms. The molecule has 0 saturated carbocycles. The van der Waals surface area contributed by atoms with Gasteiger partial charge in [0, 0.05) is 0 Å². The Hall–Kier alpha value is -0.0151. The van der Waals surface area contributed by atoms with Gasteiger partial charge in [0.25, 0.3) is 0 Å². The number of rotatable bonds is 5. The summed E-state index contributed by atoms with van der Waals surface area (Å²) in [5.74, 6) is 0.732. The van der Waals surface area contributed by atoms with Crippen molar-refractivity contribution < 1.29 is 10.0 Å². The van der Waals surface area contributed by atoms with Crippen LogP contribution in [0.2, 0.25) is 6.32 Å². The van der Waals surface area contributed by atoms with Gasteiger partial charge in [0.05, 0.1) is 0 Å². The number of unbranched alkanes of at least 4 members (excludes halogenated alkanes) is 1. The summed E-state index contributed by atoms with van der Waals surface area (Å²) >= 11 is 0. The molecule has 10 heavy (non-hydrogen) atoms. The van der Waals surface area contributed by atoms with Crippen molar-refractivity contribution in [1.29, 1.82) is 0 Å². The molecule has 0 aliphatic heterocycles. The third kappa shape index (κ3) is 7.98. The summed E-state index contributed by atoms with van der Waals surface area (Å²) in [6.45, 7) is 4.35. The standard InChI is InChI=1S/C7H17BO2/c1-7(2)5-3-4-6-8(9)10/h7,9-10H,3-6H2,1-2H3. The summed E-state index contributed by atoms with van der Waals surface area (Å²) < 4.78 is 0. The Morgan fingerprint density at radius 2 is 1.80 bits per heavy atom. The van der Waals surface area contributed by atoms with Crippen LogP contribution in [0.25, 0.3) is 0 Å². The molecule has 0 aromatic rings. The molecule has 0 aromatic carbocycles. The van der Waals surface area contributed by atoms with Gasteiger partial charge in [0.1, 0.15) is 0 Å². The van der Waals surface area contributed by atoms with Crippen molar-refractivity contribution in [3.05, 3.63) is 0 Å². The molecule has 0 radical (unpaired) electrons. The first kappa shape index (κ1) is 9.98. The molecule has 0 unspecified atom stereocenters. The summed E-state index contributed by atoms with van der Waals surface area (Å²) in [4.78, 5) is 0.